The summed E-state index contributed by atoms with van der Waals surface area (Å²) in [6.45, 7) is 1.10. The van der Waals surface area contributed by atoms with Crippen LogP contribution in [0.3, 0.4) is 0 Å². The normalized spacial score (nSPS) is 18.5. The minimum absolute atomic E-state index is 0.00765. The van der Waals surface area contributed by atoms with Crippen molar-refractivity contribution in [2.24, 2.45) is 11.7 Å². The van der Waals surface area contributed by atoms with Crippen molar-refractivity contribution in [1.29, 1.82) is 0 Å². The van der Waals surface area contributed by atoms with E-state index in [1.165, 1.54) is 11.3 Å². The van der Waals surface area contributed by atoms with Crippen LogP contribution in [-0.2, 0) is 22.6 Å². The number of primary amides is 1. The van der Waals surface area contributed by atoms with Crippen LogP contribution in [0.4, 0.5) is 5.00 Å². The lowest BCUT2D eigenvalue weighted by Gasteiger charge is -2.23. The first-order valence-corrected chi connectivity index (χ1v) is 7.31. The van der Waals surface area contributed by atoms with Crippen molar-refractivity contribution >= 4 is 28.2 Å². The van der Waals surface area contributed by atoms with E-state index in [9.17, 15) is 9.59 Å². The summed E-state index contributed by atoms with van der Waals surface area (Å²) in [6.07, 6.45) is 3.66. The number of anilines is 1. The van der Waals surface area contributed by atoms with E-state index in [-0.39, 0.29) is 11.8 Å². The number of fused-ring (bicyclic) bond motifs is 1. The maximum atomic E-state index is 12.0. The molecule has 6 heteroatoms. The molecular formula is C13H16N2O3S. The lowest BCUT2D eigenvalue weighted by Crippen LogP contribution is -2.28. The Bertz CT molecular complexity index is 534. The summed E-state index contributed by atoms with van der Waals surface area (Å²) in [5.74, 6) is -0.368. The Morgan fingerprint density at radius 2 is 2.16 bits per heavy atom. The summed E-state index contributed by atoms with van der Waals surface area (Å²) < 4.78 is 5.37. The summed E-state index contributed by atoms with van der Waals surface area (Å²) in [5.41, 5.74) is 6.89. The zero-order valence-corrected chi connectivity index (χ0v) is 11.3. The second kappa shape index (κ2) is 4.94. The van der Waals surface area contributed by atoms with Gasteiger partial charge in [-0.15, -0.1) is 11.3 Å². The molecule has 0 spiro atoms. The van der Waals surface area contributed by atoms with Gasteiger partial charge in [-0.3, -0.25) is 9.59 Å². The molecule has 1 aliphatic heterocycles. The van der Waals surface area contributed by atoms with Gasteiger partial charge in [-0.05, 0) is 24.8 Å². The van der Waals surface area contributed by atoms with E-state index in [1.807, 2.05) is 0 Å². The molecule has 102 valence electrons. The van der Waals surface area contributed by atoms with Gasteiger partial charge < -0.3 is 15.8 Å². The highest BCUT2D eigenvalue weighted by Gasteiger charge is 2.29. The molecule has 0 unspecified atom stereocenters. The lowest BCUT2D eigenvalue weighted by atomic mass is 9.85. The van der Waals surface area contributed by atoms with Crippen molar-refractivity contribution in [2.45, 2.75) is 32.3 Å². The zero-order valence-electron chi connectivity index (χ0n) is 10.5. The quantitative estimate of drug-likeness (QED) is 0.883. The van der Waals surface area contributed by atoms with Crippen LogP contribution in [0.15, 0.2) is 0 Å². The predicted molar refractivity (Wildman–Crippen MR) is 72.2 cm³/mol. The molecular weight excluding hydrogens is 264 g/mol. The number of nitrogens with two attached hydrogens (primary N) is 1. The molecule has 0 bridgehead atoms. The van der Waals surface area contributed by atoms with Gasteiger partial charge in [0.15, 0.2) is 0 Å². The van der Waals surface area contributed by atoms with Gasteiger partial charge in [0.05, 0.1) is 18.8 Å². The van der Waals surface area contributed by atoms with Crippen molar-refractivity contribution in [3.8, 4) is 0 Å². The molecule has 2 heterocycles. The fourth-order valence-corrected chi connectivity index (χ4v) is 3.66. The number of ether oxygens (including phenoxy) is 1. The van der Waals surface area contributed by atoms with E-state index in [0.29, 0.717) is 30.2 Å². The van der Waals surface area contributed by atoms with Crippen molar-refractivity contribution in [1.82, 2.24) is 0 Å². The highest BCUT2D eigenvalue weighted by molar-refractivity contribution is 7.17. The third kappa shape index (κ3) is 2.26. The van der Waals surface area contributed by atoms with Crippen molar-refractivity contribution < 1.29 is 14.3 Å². The zero-order chi connectivity index (χ0) is 13.4. The van der Waals surface area contributed by atoms with Crippen LogP contribution in [0.1, 0.15) is 40.1 Å². The van der Waals surface area contributed by atoms with Crippen LogP contribution in [0.2, 0.25) is 0 Å². The summed E-state index contributed by atoms with van der Waals surface area (Å²) in [4.78, 5) is 24.6. The summed E-state index contributed by atoms with van der Waals surface area (Å²) in [6, 6.07) is 0. The van der Waals surface area contributed by atoms with Crippen LogP contribution in [0, 0.1) is 5.92 Å². The fraction of sp³-hybridized carbons (Fsp3) is 0.538. The average molecular weight is 280 g/mol. The van der Waals surface area contributed by atoms with E-state index in [0.717, 1.165) is 29.7 Å². The largest absolute Gasteiger partial charge is 0.376 e. The number of nitrogens with one attached hydrogen (secondary N) is 1. The number of thiophene rings is 1. The predicted octanol–water partition coefficient (Wildman–Crippen LogP) is 1.66. The Hall–Kier alpha value is -1.40. The summed E-state index contributed by atoms with van der Waals surface area (Å²) in [7, 11) is 0. The molecule has 2 aliphatic rings. The number of hydrogen-bond donors (Lipinski definition) is 2. The average Bonchev–Trinajstić information content (AvgIpc) is 2.63. The van der Waals surface area contributed by atoms with E-state index >= 15 is 0 Å². The molecule has 5 nitrogen and oxygen atoms in total. The van der Waals surface area contributed by atoms with Crippen molar-refractivity contribution in [3.63, 3.8) is 0 Å². The van der Waals surface area contributed by atoms with Gasteiger partial charge in [0.2, 0.25) is 5.91 Å². The molecule has 1 aliphatic carbocycles. The number of carbonyl (C=O) groups excluding carboxylic acids is 2. The first-order valence-electron chi connectivity index (χ1n) is 6.49. The van der Waals surface area contributed by atoms with Crippen LogP contribution in [0.25, 0.3) is 0 Å². The second-order valence-electron chi connectivity index (χ2n) is 4.99. The SMILES string of the molecule is NC(=O)c1c(NC(=O)C2CCC2)sc2c1CCOC2. The molecule has 0 aromatic carbocycles. The van der Waals surface area contributed by atoms with Gasteiger partial charge in [0.1, 0.15) is 5.00 Å². The fourth-order valence-electron chi connectivity index (χ4n) is 2.47. The van der Waals surface area contributed by atoms with Gasteiger partial charge >= 0.3 is 0 Å². The van der Waals surface area contributed by atoms with Gasteiger partial charge in [0.25, 0.3) is 5.91 Å². The van der Waals surface area contributed by atoms with E-state index in [1.54, 1.807) is 0 Å². The van der Waals surface area contributed by atoms with Crippen molar-refractivity contribution in [2.75, 3.05) is 11.9 Å². The molecule has 1 fully saturated rings. The molecule has 0 atom stereocenters. The van der Waals surface area contributed by atoms with Crippen LogP contribution < -0.4 is 11.1 Å². The number of rotatable bonds is 3. The molecule has 0 saturated heterocycles. The standard InChI is InChI=1S/C13H16N2O3S/c14-11(16)10-8-4-5-18-6-9(8)19-13(10)15-12(17)7-2-1-3-7/h7H,1-6H2,(H2,14,16)(H,15,17). The van der Waals surface area contributed by atoms with Gasteiger partial charge in [-0.2, -0.15) is 0 Å². The number of carbonyl (C=O) groups is 2. The molecule has 1 saturated carbocycles. The first kappa shape index (κ1) is 12.6. The van der Waals surface area contributed by atoms with Crippen LogP contribution in [-0.4, -0.2) is 18.4 Å². The smallest absolute Gasteiger partial charge is 0.251 e. The van der Waals surface area contributed by atoms with Gasteiger partial charge in [0, 0.05) is 10.8 Å². The third-order valence-corrected chi connectivity index (χ3v) is 4.90. The minimum atomic E-state index is -0.469. The Kier molecular flexibility index (Phi) is 3.28. The third-order valence-electron chi connectivity index (χ3n) is 3.78. The van der Waals surface area contributed by atoms with Crippen LogP contribution >= 0.6 is 11.3 Å². The van der Waals surface area contributed by atoms with Crippen molar-refractivity contribution in [3.05, 3.63) is 16.0 Å². The highest BCUT2D eigenvalue weighted by atomic mass is 32.1. The summed E-state index contributed by atoms with van der Waals surface area (Å²) in [5, 5.41) is 3.47. The maximum absolute atomic E-state index is 12.0. The molecule has 3 N–H and O–H groups in total. The maximum Gasteiger partial charge on any atom is 0.251 e. The minimum Gasteiger partial charge on any atom is -0.376 e. The number of amides is 2. The molecule has 0 radical (unpaired) electrons. The molecule has 1 aromatic rings. The molecule has 3 rings (SSSR count). The number of hydrogen-bond acceptors (Lipinski definition) is 4. The summed E-state index contributed by atoms with van der Waals surface area (Å²) >= 11 is 1.41. The topological polar surface area (TPSA) is 81.4 Å². The molecule has 1 aromatic heterocycles. The first-order chi connectivity index (χ1) is 9.16. The molecule has 19 heavy (non-hydrogen) atoms. The lowest BCUT2D eigenvalue weighted by molar-refractivity contribution is -0.122. The van der Waals surface area contributed by atoms with Gasteiger partial charge in [-0.25, -0.2) is 0 Å². The van der Waals surface area contributed by atoms with E-state index in [2.05, 4.69) is 5.32 Å². The monoisotopic (exact) mass is 280 g/mol. The highest BCUT2D eigenvalue weighted by Crippen LogP contribution is 2.37. The van der Waals surface area contributed by atoms with E-state index < -0.39 is 5.91 Å². The Morgan fingerprint density at radius 3 is 2.79 bits per heavy atom. The Labute approximate surface area is 115 Å². The Balaban J connectivity index is 1.89. The molecule has 2 amide bonds. The Morgan fingerprint density at radius 1 is 1.37 bits per heavy atom. The van der Waals surface area contributed by atoms with Crippen LogP contribution in [0.5, 0.6) is 0 Å². The second-order valence-corrected chi connectivity index (χ2v) is 6.10. The van der Waals surface area contributed by atoms with E-state index in [4.69, 9.17) is 10.5 Å². The van der Waals surface area contributed by atoms with Gasteiger partial charge in [-0.1, -0.05) is 6.42 Å².